The monoisotopic (exact) mass is 721 g/mol. The van der Waals surface area contributed by atoms with E-state index >= 15 is 0 Å². The fourth-order valence-corrected chi connectivity index (χ4v) is 8.67. The molecule has 13 atom stereocenters. The number of carbonyl (C=O) groups excluding carboxylic acids is 6. The molecule has 17 heteroatoms. The molecule has 51 heavy (non-hydrogen) atoms. The van der Waals surface area contributed by atoms with Crippen molar-refractivity contribution in [1.82, 2.24) is 4.98 Å². The number of aromatic nitrogens is 1. The van der Waals surface area contributed by atoms with Crippen molar-refractivity contribution >= 4 is 35.8 Å². The van der Waals surface area contributed by atoms with Gasteiger partial charge in [-0.05, 0) is 26.0 Å². The van der Waals surface area contributed by atoms with Crippen molar-refractivity contribution in [1.29, 1.82) is 0 Å². The molecule has 0 radical (unpaired) electrons. The molecule has 17 nitrogen and oxygen atoms in total. The maximum Gasteiger partial charge on any atom is 0.340 e. The molecule has 1 aromatic rings. The molecular weight excluding hydrogens is 678 g/mol. The van der Waals surface area contributed by atoms with Crippen LogP contribution >= 0.6 is 0 Å². The molecule has 2 aliphatic heterocycles. The van der Waals surface area contributed by atoms with Gasteiger partial charge in [0, 0.05) is 45.7 Å². The molecule has 4 bridgehead atoms. The van der Waals surface area contributed by atoms with Crippen molar-refractivity contribution in [3.05, 3.63) is 29.6 Å². The number of rotatable bonds is 5. The quantitative estimate of drug-likeness (QED) is 0.265. The molecular formula is C34H43NO16. The average Bonchev–Trinajstić information content (AvgIpc) is 3.25. The normalized spacial score (nSPS) is 41.6. The van der Waals surface area contributed by atoms with Crippen molar-refractivity contribution in [2.24, 2.45) is 17.3 Å². The molecule has 1 aromatic heterocycles. The highest BCUT2D eigenvalue weighted by Crippen LogP contribution is 2.69. The van der Waals surface area contributed by atoms with Crippen molar-refractivity contribution < 1.29 is 77.2 Å². The number of hydrogen-bond acceptors (Lipinski definition) is 17. The summed E-state index contributed by atoms with van der Waals surface area (Å²) in [5.41, 5.74) is -9.73. The Bertz CT molecular complexity index is 1630. The van der Waals surface area contributed by atoms with Crippen LogP contribution in [0.4, 0.5) is 0 Å². The smallest absolute Gasteiger partial charge is 0.340 e. The van der Waals surface area contributed by atoms with Crippen molar-refractivity contribution in [3.63, 3.8) is 0 Å². The van der Waals surface area contributed by atoms with E-state index in [2.05, 4.69) is 4.98 Å². The zero-order valence-corrected chi connectivity index (χ0v) is 29.4. The molecule has 3 fully saturated rings. The second kappa shape index (κ2) is 13.1. The lowest BCUT2D eigenvalue weighted by molar-refractivity contribution is -0.386. The highest BCUT2D eigenvalue weighted by molar-refractivity contribution is 5.91. The summed E-state index contributed by atoms with van der Waals surface area (Å²) in [6.07, 6.45) is -10.6. The maximum atomic E-state index is 14.1. The number of aliphatic hydroxyl groups excluding tert-OH is 2. The first kappa shape index (κ1) is 38.1. The van der Waals surface area contributed by atoms with E-state index in [9.17, 15) is 44.1 Å². The van der Waals surface area contributed by atoms with Crippen molar-refractivity contribution in [3.8, 4) is 0 Å². The van der Waals surface area contributed by atoms with E-state index in [0.717, 1.165) is 34.6 Å². The SMILES string of the molecule is CC(=O)OC[C@]12[C@H](OC(C)=O)[C@H](O)[C@@H]3[C@H](O)[C@@]14O[C@@]3(C)COC(=O)c1cccnc1[C@@H](C)[C@H](C)C(=O)O[C@@H]([C@@H](OC(C)=O)[C@@H]2OC(C)=O)[C@]4(C)O. The summed E-state index contributed by atoms with van der Waals surface area (Å²) in [5, 5.41) is 37.6. The third kappa shape index (κ3) is 5.64. The number of aliphatic hydroxyl groups is 3. The average molecular weight is 722 g/mol. The number of hydrogen-bond donors (Lipinski definition) is 3. The number of nitrogens with zero attached hydrogens (tertiary/aromatic N) is 1. The molecule has 3 N–H and O–H groups in total. The maximum absolute atomic E-state index is 14.1. The molecule has 280 valence electrons. The van der Waals surface area contributed by atoms with Crippen LogP contribution in [0.15, 0.2) is 18.3 Å². The second-order valence-corrected chi connectivity index (χ2v) is 14.2. The Morgan fingerprint density at radius 2 is 1.53 bits per heavy atom. The zero-order chi connectivity index (χ0) is 38.0. The number of ether oxygens (including phenoxy) is 7. The van der Waals surface area contributed by atoms with E-state index in [-0.39, 0.29) is 11.3 Å². The van der Waals surface area contributed by atoms with Gasteiger partial charge >= 0.3 is 35.8 Å². The van der Waals surface area contributed by atoms with Gasteiger partial charge in [0.05, 0.1) is 23.3 Å². The zero-order valence-electron chi connectivity index (χ0n) is 29.4. The van der Waals surface area contributed by atoms with Gasteiger partial charge in [-0.15, -0.1) is 0 Å². The first-order valence-corrected chi connectivity index (χ1v) is 16.4. The second-order valence-electron chi connectivity index (χ2n) is 14.2. The third-order valence-electron chi connectivity index (χ3n) is 10.9. The van der Waals surface area contributed by atoms with Crippen LogP contribution < -0.4 is 0 Å². The minimum absolute atomic E-state index is 0.00700. The first-order chi connectivity index (χ1) is 23.7. The van der Waals surface area contributed by atoms with E-state index < -0.39 is 126 Å². The lowest BCUT2D eigenvalue weighted by Crippen LogP contribution is -2.88. The lowest BCUT2D eigenvalue weighted by atomic mass is 9.45. The molecule has 2 aliphatic carbocycles. The fourth-order valence-electron chi connectivity index (χ4n) is 8.67. The Morgan fingerprint density at radius 3 is 2.12 bits per heavy atom. The predicted octanol–water partition coefficient (Wildman–Crippen LogP) is -0.108. The van der Waals surface area contributed by atoms with Crippen molar-refractivity contribution in [2.45, 2.75) is 115 Å². The predicted molar refractivity (Wildman–Crippen MR) is 166 cm³/mol. The number of esters is 6. The van der Waals surface area contributed by atoms with Gasteiger partial charge in [0.2, 0.25) is 0 Å². The Labute approximate surface area is 292 Å². The minimum Gasteiger partial charge on any atom is -0.465 e. The van der Waals surface area contributed by atoms with E-state index in [1.54, 1.807) is 6.92 Å². The molecule has 5 rings (SSSR count). The molecule has 1 saturated heterocycles. The molecule has 2 saturated carbocycles. The topological polar surface area (TPSA) is 241 Å². The van der Waals surface area contributed by atoms with E-state index in [1.165, 1.54) is 32.2 Å². The van der Waals surface area contributed by atoms with E-state index in [0.29, 0.717) is 0 Å². The summed E-state index contributed by atoms with van der Waals surface area (Å²) in [6.45, 7) is 7.82. The number of carbonyl (C=O) groups is 6. The Morgan fingerprint density at radius 1 is 0.922 bits per heavy atom. The molecule has 0 unspecified atom stereocenters. The number of fused-ring (bicyclic) bond motifs is 5. The minimum atomic E-state index is -2.74. The molecule has 3 heterocycles. The van der Waals surface area contributed by atoms with Crippen LogP contribution in [0.25, 0.3) is 0 Å². The van der Waals surface area contributed by atoms with Gasteiger partial charge in [0.25, 0.3) is 0 Å². The highest BCUT2D eigenvalue weighted by atomic mass is 16.7. The summed E-state index contributed by atoms with van der Waals surface area (Å²) in [6, 6.07) is 2.92. The largest absolute Gasteiger partial charge is 0.465 e. The van der Waals surface area contributed by atoms with Gasteiger partial charge in [-0.2, -0.15) is 0 Å². The first-order valence-electron chi connectivity index (χ1n) is 16.4. The molecule has 1 spiro atoms. The standard InChI is InChI=1S/C34H43NO16/c1-14-15(2)29(42)50-27-24(47-17(4)37)28(49-19(6)39)33(13-45-16(3)36)26(48-18(5)38)23(40)21-25(41)34(33,32(27,8)44)51-31(21,7)12-46-30(43)20-10-9-11-35-22(14)20/h9-11,14-15,21,23-28,40-41,44H,12-13H2,1-8H3/t14-,15-,21+,23+,24+,25-,26+,27-,28-,31-,32-,33+,34-/m0/s1. The molecule has 0 aromatic carbocycles. The summed E-state index contributed by atoms with van der Waals surface area (Å²) in [7, 11) is 0. The Balaban J connectivity index is 1.91. The van der Waals surface area contributed by atoms with E-state index in [1.807, 2.05) is 0 Å². The van der Waals surface area contributed by atoms with Crippen LogP contribution in [0.3, 0.4) is 0 Å². The van der Waals surface area contributed by atoms with Crippen molar-refractivity contribution in [2.75, 3.05) is 13.2 Å². The van der Waals surface area contributed by atoms with Gasteiger partial charge < -0.3 is 48.5 Å². The van der Waals surface area contributed by atoms with Crippen LogP contribution in [0.2, 0.25) is 0 Å². The number of cyclic esters (lactones) is 1. The number of pyridine rings is 1. The summed E-state index contributed by atoms with van der Waals surface area (Å²) in [5.74, 6) is -9.35. The summed E-state index contributed by atoms with van der Waals surface area (Å²) < 4.78 is 41.1. The molecule has 4 aliphatic rings. The third-order valence-corrected chi connectivity index (χ3v) is 10.9. The fraction of sp³-hybridized carbons (Fsp3) is 0.676. The van der Waals surface area contributed by atoms with Gasteiger partial charge in [-0.1, -0.05) is 13.8 Å². The van der Waals surface area contributed by atoms with Gasteiger partial charge in [0.15, 0.2) is 18.3 Å². The highest BCUT2D eigenvalue weighted by Gasteiger charge is 2.90. The van der Waals surface area contributed by atoms with Crippen LogP contribution in [-0.4, -0.2) is 123 Å². The van der Waals surface area contributed by atoms with Gasteiger partial charge in [0.1, 0.15) is 47.6 Å². The lowest BCUT2D eigenvalue weighted by Gasteiger charge is -2.67. The Hall–Kier alpha value is -4.19. The van der Waals surface area contributed by atoms with Crippen LogP contribution in [0.1, 0.15) is 77.4 Å². The Kier molecular flexibility index (Phi) is 9.77. The van der Waals surface area contributed by atoms with Crippen LogP contribution in [-0.2, 0) is 57.1 Å². The van der Waals surface area contributed by atoms with Crippen LogP contribution in [0, 0.1) is 17.3 Å². The summed E-state index contributed by atoms with van der Waals surface area (Å²) >= 11 is 0. The molecule has 0 amide bonds. The van der Waals surface area contributed by atoms with E-state index in [4.69, 9.17) is 33.2 Å². The summed E-state index contributed by atoms with van der Waals surface area (Å²) in [4.78, 5) is 83.0. The van der Waals surface area contributed by atoms with Crippen LogP contribution in [0.5, 0.6) is 0 Å². The van der Waals surface area contributed by atoms with Gasteiger partial charge in [-0.3, -0.25) is 29.0 Å². The van der Waals surface area contributed by atoms with Gasteiger partial charge in [-0.25, -0.2) is 4.79 Å².